The number of halogens is 1. The van der Waals surface area contributed by atoms with Crippen LogP contribution >= 0.6 is 11.6 Å². The molecule has 0 aliphatic carbocycles. The second-order valence-electron chi connectivity index (χ2n) is 7.96. The van der Waals surface area contributed by atoms with E-state index in [1.54, 1.807) is 25.3 Å². The van der Waals surface area contributed by atoms with Crippen LogP contribution in [0.4, 0.5) is 5.82 Å². The van der Waals surface area contributed by atoms with Crippen LogP contribution in [0, 0.1) is 0 Å². The highest BCUT2D eigenvalue weighted by Gasteiger charge is 2.25. The van der Waals surface area contributed by atoms with Crippen LogP contribution in [0.25, 0.3) is 22.0 Å². The summed E-state index contributed by atoms with van der Waals surface area (Å²) in [6, 6.07) is 23.7. The Balaban J connectivity index is 1.26. The quantitative estimate of drug-likeness (QED) is 0.434. The van der Waals surface area contributed by atoms with Crippen LogP contribution in [-0.4, -0.2) is 54.3 Å². The van der Waals surface area contributed by atoms with Crippen molar-refractivity contribution in [3.63, 3.8) is 0 Å². The lowest BCUT2D eigenvalue weighted by molar-refractivity contribution is 0.0743. The summed E-state index contributed by atoms with van der Waals surface area (Å²) in [5, 5.41) is 11.8. The first-order valence-corrected chi connectivity index (χ1v) is 11.2. The Morgan fingerprint density at radius 2 is 1.67 bits per heavy atom. The van der Waals surface area contributed by atoms with Crippen LogP contribution in [0.2, 0.25) is 5.02 Å². The number of ether oxygens (including phenoxy) is 1. The van der Waals surface area contributed by atoms with Crippen LogP contribution < -0.4 is 9.64 Å². The Labute approximate surface area is 197 Å². The van der Waals surface area contributed by atoms with Gasteiger partial charge >= 0.3 is 0 Å². The van der Waals surface area contributed by atoms with Crippen molar-refractivity contribution in [3.8, 4) is 17.0 Å². The SMILES string of the molecule is COc1ccc(Cl)cc1C(=O)N1CCN(c2ccc(-c3ccc4ccccc4c3)nn2)CC1. The molecule has 2 heterocycles. The molecule has 0 saturated carbocycles. The molecule has 0 atom stereocenters. The first-order chi connectivity index (χ1) is 16.1. The van der Waals surface area contributed by atoms with E-state index < -0.39 is 0 Å². The summed E-state index contributed by atoms with van der Waals surface area (Å²) in [5.41, 5.74) is 2.36. The van der Waals surface area contributed by atoms with Gasteiger partial charge in [0.25, 0.3) is 5.91 Å². The smallest absolute Gasteiger partial charge is 0.257 e. The standard InChI is InChI=1S/C26H23ClN4O2/c1-33-24-10-8-21(27)17-22(24)26(32)31-14-12-30(13-15-31)25-11-9-23(28-29-25)20-7-6-18-4-2-3-5-19(18)16-20/h2-11,16-17H,12-15H2,1H3. The molecule has 0 radical (unpaired) electrons. The van der Waals surface area contributed by atoms with Crippen molar-refractivity contribution >= 4 is 34.1 Å². The first-order valence-electron chi connectivity index (χ1n) is 10.8. The Morgan fingerprint density at radius 1 is 0.879 bits per heavy atom. The van der Waals surface area contributed by atoms with Crippen molar-refractivity contribution in [2.24, 2.45) is 0 Å². The zero-order valence-electron chi connectivity index (χ0n) is 18.2. The molecule has 1 aliphatic rings. The van der Waals surface area contributed by atoms with Gasteiger partial charge in [0.2, 0.25) is 0 Å². The third-order valence-electron chi connectivity index (χ3n) is 5.98. The zero-order chi connectivity index (χ0) is 22.8. The molecule has 1 aliphatic heterocycles. The number of nitrogens with zero attached hydrogens (tertiary/aromatic N) is 4. The third-order valence-corrected chi connectivity index (χ3v) is 6.21. The van der Waals surface area contributed by atoms with Crippen molar-refractivity contribution < 1.29 is 9.53 Å². The van der Waals surface area contributed by atoms with Gasteiger partial charge in [-0.2, -0.15) is 0 Å². The molecule has 0 bridgehead atoms. The fourth-order valence-electron chi connectivity index (χ4n) is 4.15. The van der Waals surface area contributed by atoms with E-state index >= 15 is 0 Å². The van der Waals surface area contributed by atoms with Gasteiger partial charge in [0.15, 0.2) is 5.82 Å². The maximum atomic E-state index is 13.0. The van der Waals surface area contributed by atoms with Gasteiger partial charge < -0.3 is 14.5 Å². The second kappa shape index (κ2) is 9.08. The van der Waals surface area contributed by atoms with E-state index in [-0.39, 0.29) is 5.91 Å². The summed E-state index contributed by atoms with van der Waals surface area (Å²) >= 11 is 6.10. The summed E-state index contributed by atoms with van der Waals surface area (Å²) in [4.78, 5) is 17.0. The average Bonchev–Trinajstić information content (AvgIpc) is 2.88. The maximum absolute atomic E-state index is 13.0. The molecule has 1 saturated heterocycles. The number of piperazine rings is 1. The molecule has 4 aromatic rings. The molecule has 1 aromatic heterocycles. The van der Waals surface area contributed by atoms with E-state index in [9.17, 15) is 4.79 Å². The number of rotatable bonds is 4. The van der Waals surface area contributed by atoms with E-state index in [4.69, 9.17) is 16.3 Å². The van der Waals surface area contributed by atoms with E-state index in [2.05, 4.69) is 45.4 Å². The number of hydrogen-bond donors (Lipinski definition) is 0. The van der Waals surface area contributed by atoms with Gasteiger partial charge in [-0.1, -0.05) is 48.0 Å². The van der Waals surface area contributed by atoms with Crippen molar-refractivity contribution in [2.45, 2.75) is 0 Å². The van der Waals surface area contributed by atoms with Gasteiger partial charge in [-0.15, -0.1) is 10.2 Å². The summed E-state index contributed by atoms with van der Waals surface area (Å²) in [6.45, 7) is 2.53. The van der Waals surface area contributed by atoms with Crippen LogP contribution in [-0.2, 0) is 0 Å². The molecule has 3 aromatic carbocycles. The molecule has 1 fully saturated rings. The molecular formula is C26H23ClN4O2. The number of benzene rings is 3. The minimum absolute atomic E-state index is 0.0771. The molecule has 1 amide bonds. The Kier molecular flexibility index (Phi) is 5.84. The summed E-state index contributed by atoms with van der Waals surface area (Å²) < 4.78 is 5.34. The lowest BCUT2D eigenvalue weighted by atomic mass is 10.1. The zero-order valence-corrected chi connectivity index (χ0v) is 19.0. The molecule has 0 unspecified atom stereocenters. The van der Waals surface area contributed by atoms with Gasteiger partial charge in [0.1, 0.15) is 5.75 Å². The number of fused-ring (bicyclic) bond motifs is 1. The number of hydrogen-bond acceptors (Lipinski definition) is 5. The third kappa shape index (κ3) is 4.34. The highest BCUT2D eigenvalue weighted by atomic mass is 35.5. The summed E-state index contributed by atoms with van der Waals surface area (Å²) in [7, 11) is 1.55. The number of anilines is 1. The lowest BCUT2D eigenvalue weighted by Gasteiger charge is -2.35. The van der Waals surface area contributed by atoms with Crippen molar-refractivity contribution in [2.75, 3.05) is 38.2 Å². The minimum Gasteiger partial charge on any atom is -0.496 e. The molecule has 6 nitrogen and oxygen atoms in total. The van der Waals surface area contributed by atoms with Crippen LogP contribution in [0.1, 0.15) is 10.4 Å². The number of methoxy groups -OCH3 is 1. The fourth-order valence-corrected chi connectivity index (χ4v) is 4.32. The van der Waals surface area contributed by atoms with E-state index in [1.165, 1.54) is 10.8 Å². The van der Waals surface area contributed by atoms with Crippen LogP contribution in [0.3, 0.4) is 0 Å². The number of amides is 1. The Bertz CT molecular complexity index is 1300. The lowest BCUT2D eigenvalue weighted by Crippen LogP contribution is -2.49. The predicted molar refractivity (Wildman–Crippen MR) is 131 cm³/mol. The monoisotopic (exact) mass is 458 g/mol. The van der Waals surface area contributed by atoms with Crippen LogP contribution in [0.15, 0.2) is 72.8 Å². The Hall–Kier alpha value is -3.64. The molecule has 33 heavy (non-hydrogen) atoms. The second-order valence-corrected chi connectivity index (χ2v) is 8.40. The van der Waals surface area contributed by atoms with Gasteiger partial charge in [-0.3, -0.25) is 4.79 Å². The van der Waals surface area contributed by atoms with Crippen LogP contribution in [0.5, 0.6) is 5.75 Å². The molecule has 166 valence electrons. The van der Waals surface area contributed by atoms with Crippen molar-refractivity contribution in [3.05, 3.63) is 83.4 Å². The Morgan fingerprint density at radius 3 is 2.39 bits per heavy atom. The molecule has 0 spiro atoms. The van der Waals surface area contributed by atoms with Crippen molar-refractivity contribution in [1.29, 1.82) is 0 Å². The largest absolute Gasteiger partial charge is 0.496 e. The maximum Gasteiger partial charge on any atom is 0.257 e. The van der Waals surface area contributed by atoms with E-state index in [0.29, 0.717) is 42.5 Å². The number of aromatic nitrogens is 2. The number of carbonyl (C=O) groups excluding carboxylic acids is 1. The molecule has 0 N–H and O–H groups in total. The average molecular weight is 459 g/mol. The normalized spacial score (nSPS) is 13.9. The number of carbonyl (C=O) groups is 1. The predicted octanol–water partition coefficient (Wildman–Crippen LogP) is 4.92. The van der Waals surface area contributed by atoms with Gasteiger partial charge in [-0.05, 0) is 47.2 Å². The topological polar surface area (TPSA) is 58.6 Å². The van der Waals surface area contributed by atoms with E-state index in [1.807, 2.05) is 29.2 Å². The molecule has 5 rings (SSSR count). The first kappa shape index (κ1) is 21.2. The van der Waals surface area contributed by atoms with Gasteiger partial charge in [0, 0.05) is 36.8 Å². The van der Waals surface area contributed by atoms with E-state index in [0.717, 1.165) is 17.1 Å². The molecule has 7 heteroatoms. The fraction of sp³-hybridized carbons (Fsp3) is 0.192. The summed E-state index contributed by atoms with van der Waals surface area (Å²) in [5.74, 6) is 1.26. The highest BCUT2D eigenvalue weighted by molar-refractivity contribution is 6.31. The molecular weight excluding hydrogens is 436 g/mol. The van der Waals surface area contributed by atoms with Gasteiger partial charge in [0.05, 0.1) is 18.4 Å². The van der Waals surface area contributed by atoms with Gasteiger partial charge in [-0.25, -0.2) is 0 Å². The van der Waals surface area contributed by atoms with Crippen molar-refractivity contribution in [1.82, 2.24) is 15.1 Å². The minimum atomic E-state index is -0.0771. The highest BCUT2D eigenvalue weighted by Crippen LogP contribution is 2.26. The summed E-state index contributed by atoms with van der Waals surface area (Å²) in [6.07, 6.45) is 0.